The van der Waals surface area contributed by atoms with E-state index in [4.69, 9.17) is 25.2 Å². The van der Waals surface area contributed by atoms with Crippen molar-refractivity contribution < 1.29 is 24.8 Å². The summed E-state index contributed by atoms with van der Waals surface area (Å²) in [7, 11) is 0. The predicted molar refractivity (Wildman–Crippen MR) is 56.9 cm³/mol. The van der Waals surface area contributed by atoms with Crippen LogP contribution in [-0.4, -0.2) is 58.7 Å². The number of azide groups is 1. The number of hydrogen-bond acceptors (Lipinski definition) is 6. The summed E-state index contributed by atoms with van der Waals surface area (Å²) in [6, 6.07) is -1.03. The Hall–Kier alpha value is -0.890. The van der Waals surface area contributed by atoms with Crippen LogP contribution in [0.15, 0.2) is 5.11 Å². The lowest BCUT2D eigenvalue weighted by atomic mass is 10.0. The van der Waals surface area contributed by atoms with Crippen LogP contribution < -0.4 is 0 Å². The highest BCUT2D eigenvalue weighted by molar-refractivity contribution is 4.91. The largest absolute Gasteiger partial charge is 0.396 e. The monoisotopic (exact) mass is 247 g/mol. The number of aliphatic hydroxyl groups excluding tert-OH is 3. The zero-order valence-electron chi connectivity index (χ0n) is 9.72. The molecule has 0 unspecified atom stereocenters. The Kier molecular flexibility index (Phi) is 4.70. The van der Waals surface area contributed by atoms with E-state index in [1.807, 2.05) is 0 Å². The van der Waals surface area contributed by atoms with E-state index < -0.39 is 36.7 Å². The molecule has 0 saturated carbocycles. The molecular formula is C9H17N3O5. The molecule has 1 rings (SSSR count). The molecule has 1 heterocycles. The third-order valence-corrected chi connectivity index (χ3v) is 2.52. The molecule has 1 saturated heterocycles. The highest BCUT2D eigenvalue weighted by Gasteiger charge is 2.46. The fraction of sp³-hybridized carbons (Fsp3) is 1.00. The van der Waals surface area contributed by atoms with Crippen LogP contribution in [0.1, 0.15) is 13.8 Å². The van der Waals surface area contributed by atoms with Crippen LogP contribution >= 0.6 is 0 Å². The average molecular weight is 247 g/mol. The van der Waals surface area contributed by atoms with Crippen LogP contribution in [0.4, 0.5) is 0 Å². The van der Waals surface area contributed by atoms with Gasteiger partial charge < -0.3 is 24.8 Å². The van der Waals surface area contributed by atoms with Gasteiger partial charge in [-0.2, -0.15) is 0 Å². The van der Waals surface area contributed by atoms with Gasteiger partial charge in [0.05, 0.1) is 25.4 Å². The molecule has 0 bridgehead atoms. The first-order valence-corrected chi connectivity index (χ1v) is 5.25. The summed E-state index contributed by atoms with van der Waals surface area (Å²) < 4.78 is 10.8. The smallest absolute Gasteiger partial charge is 0.164 e. The average Bonchev–Trinajstić information content (AvgIpc) is 2.60. The third-order valence-electron chi connectivity index (χ3n) is 2.52. The molecule has 0 radical (unpaired) electrons. The van der Waals surface area contributed by atoms with Gasteiger partial charge in [-0.25, -0.2) is 0 Å². The predicted octanol–water partition coefficient (Wildman–Crippen LogP) is -0.469. The lowest BCUT2D eigenvalue weighted by Gasteiger charge is -2.25. The van der Waals surface area contributed by atoms with E-state index in [2.05, 4.69) is 10.0 Å². The number of hydrogen-bond donors (Lipinski definition) is 3. The molecular weight excluding hydrogens is 230 g/mol. The molecule has 0 spiro atoms. The number of ether oxygens (including phenoxy) is 2. The highest BCUT2D eigenvalue weighted by Crippen LogP contribution is 2.31. The first-order chi connectivity index (χ1) is 7.95. The molecule has 0 aromatic rings. The summed E-state index contributed by atoms with van der Waals surface area (Å²) in [4.78, 5) is 2.53. The minimum absolute atomic E-state index is 0.334. The first-order valence-electron chi connectivity index (χ1n) is 5.25. The molecule has 1 fully saturated rings. The van der Waals surface area contributed by atoms with E-state index in [1.54, 1.807) is 13.8 Å². The zero-order valence-corrected chi connectivity index (χ0v) is 9.72. The Balaban J connectivity index is 2.79. The van der Waals surface area contributed by atoms with Gasteiger partial charge in [-0.05, 0) is 19.4 Å². The molecule has 0 aromatic heterocycles. The second-order valence-electron chi connectivity index (χ2n) is 4.27. The molecule has 8 heteroatoms. The van der Waals surface area contributed by atoms with Crippen molar-refractivity contribution in [3.05, 3.63) is 10.4 Å². The number of nitrogens with zero attached hydrogens (tertiary/aromatic N) is 3. The summed E-state index contributed by atoms with van der Waals surface area (Å²) >= 11 is 0. The topological polar surface area (TPSA) is 128 Å². The van der Waals surface area contributed by atoms with Crippen molar-refractivity contribution in [3.63, 3.8) is 0 Å². The van der Waals surface area contributed by atoms with E-state index >= 15 is 0 Å². The minimum Gasteiger partial charge on any atom is -0.396 e. The maximum absolute atomic E-state index is 9.93. The van der Waals surface area contributed by atoms with Gasteiger partial charge in [0, 0.05) is 4.91 Å². The lowest BCUT2D eigenvalue weighted by Crippen LogP contribution is -2.45. The van der Waals surface area contributed by atoms with Crippen molar-refractivity contribution in [2.24, 2.45) is 5.11 Å². The minimum atomic E-state index is -1.24. The summed E-state index contributed by atoms with van der Waals surface area (Å²) in [6.45, 7) is 2.44. The fourth-order valence-electron chi connectivity index (χ4n) is 1.79. The van der Waals surface area contributed by atoms with Gasteiger partial charge in [0.25, 0.3) is 0 Å². The molecule has 0 aromatic carbocycles. The van der Waals surface area contributed by atoms with Crippen molar-refractivity contribution >= 4 is 0 Å². The summed E-state index contributed by atoms with van der Waals surface area (Å²) in [5.74, 6) is -0.935. The fourth-order valence-corrected chi connectivity index (χ4v) is 1.79. The Morgan fingerprint density at radius 1 is 1.41 bits per heavy atom. The Morgan fingerprint density at radius 3 is 2.53 bits per heavy atom. The van der Waals surface area contributed by atoms with Crippen LogP contribution in [-0.2, 0) is 9.47 Å². The Labute approximate surface area is 98.4 Å². The van der Waals surface area contributed by atoms with Crippen LogP contribution in [0.5, 0.6) is 0 Å². The van der Waals surface area contributed by atoms with E-state index in [-0.39, 0.29) is 6.61 Å². The first kappa shape index (κ1) is 14.2. The van der Waals surface area contributed by atoms with Gasteiger partial charge in [0.2, 0.25) is 0 Å². The molecule has 1 aliphatic rings. The normalized spacial score (nSPS) is 30.6. The van der Waals surface area contributed by atoms with Crippen molar-refractivity contribution in [2.45, 2.75) is 44.0 Å². The van der Waals surface area contributed by atoms with Crippen LogP contribution in [0.25, 0.3) is 10.4 Å². The van der Waals surface area contributed by atoms with Gasteiger partial charge >= 0.3 is 0 Å². The Morgan fingerprint density at radius 2 is 2.06 bits per heavy atom. The zero-order chi connectivity index (χ0) is 13.1. The van der Waals surface area contributed by atoms with Crippen molar-refractivity contribution in [2.75, 3.05) is 13.2 Å². The molecule has 1 aliphatic heterocycles. The van der Waals surface area contributed by atoms with E-state index in [0.29, 0.717) is 0 Å². The third kappa shape index (κ3) is 3.29. The lowest BCUT2D eigenvalue weighted by molar-refractivity contribution is -0.158. The molecule has 0 aliphatic carbocycles. The summed E-state index contributed by atoms with van der Waals surface area (Å²) in [5, 5.41) is 31.3. The number of rotatable bonds is 5. The number of aliphatic hydroxyl groups is 3. The van der Waals surface area contributed by atoms with E-state index in [9.17, 15) is 5.11 Å². The quantitative estimate of drug-likeness (QED) is 0.344. The molecule has 98 valence electrons. The summed E-state index contributed by atoms with van der Waals surface area (Å²) in [6.07, 6.45) is -2.81. The van der Waals surface area contributed by atoms with E-state index in [1.165, 1.54) is 0 Å². The van der Waals surface area contributed by atoms with Crippen LogP contribution in [0, 0.1) is 0 Å². The van der Waals surface area contributed by atoms with Gasteiger partial charge in [-0.15, -0.1) is 0 Å². The maximum Gasteiger partial charge on any atom is 0.164 e. The van der Waals surface area contributed by atoms with Gasteiger partial charge in [0.15, 0.2) is 5.79 Å². The van der Waals surface area contributed by atoms with Crippen molar-refractivity contribution in [1.82, 2.24) is 0 Å². The molecule has 4 atom stereocenters. The van der Waals surface area contributed by atoms with E-state index in [0.717, 1.165) is 0 Å². The second kappa shape index (κ2) is 5.63. The standard InChI is InChI=1S/C9H17N3O5/c1-9(2)16-6(4-14)8(17-9)7(15)5(3-13)11-12-10/h5-8,13-15H,3-4H2,1-2H3/t5-,6-,7-,8-/m1/s1. The highest BCUT2D eigenvalue weighted by atomic mass is 16.8. The molecule has 0 amide bonds. The van der Waals surface area contributed by atoms with Gasteiger partial charge in [-0.1, -0.05) is 5.11 Å². The van der Waals surface area contributed by atoms with Crippen LogP contribution in [0.3, 0.4) is 0 Å². The van der Waals surface area contributed by atoms with Crippen molar-refractivity contribution in [1.29, 1.82) is 0 Å². The van der Waals surface area contributed by atoms with Gasteiger partial charge in [0.1, 0.15) is 12.2 Å². The second-order valence-corrected chi connectivity index (χ2v) is 4.27. The van der Waals surface area contributed by atoms with Gasteiger partial charge in [-0.3, -0.25) is 0 Å². The van der Waals surface area contributed by atoms with Crippen LogP contribution in [0.2, 0.25) is 0 Å². The maximum atomic E-state index is 9.93. The summed E-state index contributed by atoms with van der Waals surface area (Å²) in [5.41, 5.74) is 8.30. The Bertz CT molecular complexity index is 305. The van der Waals surface area contributed by atoms with Crippen molar-refractivity contribution in [3.8, 4) is 0 Å². The molecule has 17 heavy (non-hydrogen) atoms. The molecule has 8 nitrogen and oxygen atoms in total. The SMILES string of the molecule is CC1(C)O[C@@H]([C@H](O)[C@@H](CO)N=[N+]=[N-])[C@@H](CO)O1. The molecule has 3 N–H and O–H groups in total.